The first-order valence-electron chi connectivity index (χ1n) is 6.71. The van der Waals surface area contributed by atoms with Crippen molar-refractivity contribution in [3.05, 3.63) is 52.7 Å². The van der Waals surface area contributed by atoms with Crippen molar-refractivity contribution in [2.45, 2.75) is 13.8 Å². The Morgan fingerprint density at radius 3 is 2.74 bits per heavy atom. The van der Waals surface area contributed by atoms with Crippen LogP contribution in [-0.4, -0.2) is 26.3 Å². The van der Waals surface area contributed by atoms with Crippen LogP contribution in [0.5, 0.6) is 0 Å². The second-order valence-electron chi connectivity index (χ2n) is 4.65. The molecule has 116 valence electrons. The quantitative estimate of drug-likeness (QED) is 0.411. The van der Waals surface area contributed by atoms with E-state index in [4.69, 9.17) is 4.84 Å². The molecular weight excluding hydrogens is 332 g/mol. The van der Waals surface area contributed by atoms with Crippen molar-refractivity contribution in [2.24, 2.45) is 5.16 Å². The maximum Gasteiger partial charge on any atom is 0.365 e. The average Bonchev–Trinajstić information content (AvgIpc) is 3.21. The summed E-state index contributed by atoms with van der Waals surface area (Å²) < 4.78 is 3.90. The summed E-state index contributed by atoms with van der Waals surface area (Å²) in [4.78, 5) is 22.2. The Hall–Kier alpha value is -2.45. The fourth-order valence-electron chi connectivity index (χ4n) is 1.76. The lowest BCUT2D eigenvalue weighted by molar-refractivity contribution is 0.0516. The summed E-state index contributed by atoms with van der Waals surface area (Å²) in [5, 5.41) is 10.5. The highest BCUT2D eigenvalue weighted by molar-refractivity contribution is 7.18. The second kappa shape index (κ2) is 6.76. The van der Waals surface area contributed by atoms with Gasteiger partial charge < -0.3 is 4.84 Å². The largest absolute Gasteiger partial charge is 0.365 e. The zero-order chi connectivity index (χ0) is 16.2. The topological polar surface area (TPSA) is 77.3 Å². The summed E-state index contributed by atoms with van der Waals surface area (Å²) in [7, 11) is 0. The van der Waals surface area contributed by atoms with Gasteiger partial charge in [0.05, 0.1) is 17.0 Å². The van der Waals surface area contributed by atoms with Gasteiger partial charge in [-0.05, 0) is 37.5 Å². The molecule has 0 aliphatic carbocycles. The minimum Gasteiger partial charge on any atom is -0.312 e. The number of rotatable bonds is 4. The molecule has 0 fully saturated rings. The summed E-state index contributed by atoms with van der Waals surface area (Å²) in [6, 6.07) is 8.72. The maximum atomic E-state index is 11.9. The Kier molecular flexibility index (Phi) is 4.54. The number of oxime groups is 1. The highest BCUT2D eigenvalue weighted by atomic mass is 32.1. The summed E-state index contributed by atoms with van der Waals surface area (Å²) in [5.41, 5.74) is 2.50. The Labute approximate surface area is 140 Å². The molecule has 23 heavy (non-hydrogen) atoms. The van der Waals surface area contributed by atoms with E-state index < -0.39 is 5.97 Å². The summed E-state index contributed by atoms with van der Waals surface area (Å²) in [5.74, 6) is -0.497. The molecule has 1 aromatic carbocycles. The fraction of sp³-hybridized carbons (Fsp3) is 0.133. The Bertz CT molecular complexity index is 855. The molecule has 0 saturated carbocycles. The summed E-state index contributed by atoms with van der Waals surface area (Å²) >= 11 is 2.78. The van der Waals surface area contributed by atoms with Gasteiger partial charge in [-0.25, -0.2) is 9.78 Å². The maximum absolute atomic E-state index is 11.9. The average molecular weight is 344 g/mol. The van der Waals surface area contributed by atoms with Crippen molar-refractivity contribution < 1.29 is 9.63 Å². The molecule has 0 aliphatic heterocycles. The van der Waals surface area contributed by atoms with Crippen molar-refractivity contribution in [1.29, 1.82) is 0 Å². The van der Waals surface area contributed by atoms with Crippen LogP contribution in [0.4, 0.5) is 0 Å². The van der Waals surface area contributed by atoms with E-state index >= 15 is 0 Å². The van der Waals surface area contributed by atoms with Crippen LogP contribution in [0.2, 0.25) is 0 Å². The van der Waals surface area contributed by atoms with Crippen LogP contribution < -0.4 is 0 Å². The molecule has 6 nitrogen and oxygen atoms in total. The van der Waals surface area contributed by atoms with Crippen LogP contribution in [-0.2, 0) is 4.84 Å². The molecule has 0 bridgehead atoms. The van der Waals surface area contributed by atoms with Crippen LogP contribution in [0.3, 0.4) is 0 Å². The minimum absolute atomic E-state index is 0.453. The van der Waals surface area contributed by atoms with E-state index in [2.05, 4.69) is 19.7 Å². The molecule has 0 spiro atoms. The number of hydrogen-bond acceptors (Lipinski definition) is 8. The zero-order valence-corrected chi connectivity index (χ0v) is 14.0. The van der Waals surface area contributed by atoms with Gasteiger partial charge in [0, 0.05) is 5.38 Å². The van der Waals surface area contributed by atoms with Gasteiger partial charge in [0.15, 0.2) is 0 Å². The number of hydrogen-bond donors (Lipinski definition) is 0. The third-order valence-electron chi connectivity index (χ3n) is 3.00. The van der Waals surface area contributed by atoms with Crippen LogP contribution in [0.15, 0.2) is 40.9 Å². The van der Waals surface area contributed by atoms with Crippen molar-refractivity contribution in [3.8, 4) is 9.88 Å². The van der Waals surface area contributed by atoms with E-state index in [9.17, 15) is 4.79 Å². The lowest BCUT2D eigenvalue weighted by Crippen LogP contribution is -2.04. The predicted octanol–water partition coefficient (Wildman–Crippen LogP) is 3.55. The van der Waals surface area contributed by atoms with Crippen molar-refractivity contribution in [1.82, 2.24) is 14.6 Å². The number of carbonyl (C=O) groups excluding carboxylic acids is 1. The van der Waals surface area contributed by atoms with Crippen LogP contribution in [0.25, 0.3) is 9.88 Å². The molecule has 0 atom stereocenters. The van der Waals surface area contributed by atoms with Gasteiger partial charge in [-0.1, -0.05) is 27.8 Å². The molecule has 0 saturated heterocycles. The Morgan fingerprint density at radius 1 is 1.26 bits per heavy atom. The van der Waals surface area contributed by atoms with Gasteiger partial charge >= 0.3 is 5.97 Å². The molecule has 3 aromatic rings. The lowest BCUT2D eigenvalue weighted by atomic mass is 10.2. The number of aryl methyl sites for hydroxylation is 1. The molecule has 2 heterocycles. The van der Waals surface area contributed by atoms with Gasteiger partial charge in [0.1, 0.15) is 15.6 Å². The molecule has 0 radical (unpaired) electrons. The number of carbonyl (C=O) groups is 1. The standard InChI is InChI=1S/C15H12N4O2S2/c1-9(18-21-15(20)11-6-4-3-5-7-11)12-8-22-14(16-12)13-10(2)17-19-23-13/h3-8H,1-2H3/b18-9-. The summed E-state index contributed by atoms with van der Waals surface area (Å²) in [6.45, 7) is 3.64. The molecule has 0 aliphatic rings. The van der Waals surface area contributed by atoms with Crippen molar-refractivity contribution in [2.75, 3.05) is 0 Å². The highest BCUT2D eigenvalue weighted by Gasteiger charge is 2.13. The molecule has 0 N–H and O–H groups in total. The smallest absolute Gasteiger partial charge is 0.312 e. The SMILES string of the molecule is C/C(=N/OC(=O)c1ccccc1)c1csc(-c2snnc2C)n1. The van der Waals surface area contributed by atoms with E-state index in [1.807, 2.05) is 18.4 Å². The minimum atomic E-state index is -0.497. The number of benzene rings is 1. The molecule has 8 heteroatoms. The van der Waals surface area contributed by atoms with E-state index in [0.717, 1.165) is 15.6 Å². The molecule has 0 unspecified atom stereocenters. The molecule has 2 aromatic heterocycles. The van der Waals surface area contributed by atoms with Gasteiger partial charge in [-0.2, -0.15) is 0 Å². The van der Waals surface area contributed by atoms with Crippen LogP contribution in [0.1, 0.15) is 28.7 Å². The van der Waals surface area contributed by atoms with E-state index in [0.29, 0.717) is 17.0 Å². The first kappa shape index (κ1) is 15.4. The monoisotopic (exact) mass is 344 g/mol. The Morgan fingerprint density at radius 2 is 2.04 bits per heavy atom. The lowest BCUT2D eigenvalue weighted by Gasteiger charge is -1.98. The second-order valence-corrected chi connectivity index (χ2v) is 6.26. The zero-order valence-electron chi connectivity index (χ0n) is 12.4. The first-order chi connectivity index (χ1) is 11.1. The normalized spacial score (nSPS) is 11.5. The van der Waals surface area contributed by atoms with Crippen LogP contribution >= 0.6 is 22.9 Å². The van der Waals surface area contributed by atoms with E-state index in [1.165, 1.54) is 22.9 Å². The van der Waals surface area contributed by atoms with Gasteiger partial charge in [0.25, 0.3) is 0 Å². The van der Waals surface area contributed by atoms with Gasteiger partial charge in [-0.15, -0.1) is 16.4 Å². The molecular formula is C15H12N4O2S2. The predicted molar refractivity (Wildman–Crippen MR) is 89.8 cm³/mol. The van der Waals surface area contributed by atoms with Crippen LogP contribution in [0, 0.1) is 6.92 Å². The first-order valence-corrected chi connectivity index (χ1v) is 8.36. The van der Waals surface area contributed by atoms with Gasteiger partial charge in [0.2, 0.25) is 0 Å². The Balaban J connectivity index is 1.73. The summed E-state index contributed by atoms with van der Waals surface area (Å²) in [6.07, 6.45) is 0. The van der Waals surface area contributed by atoms with Gasteiger partial charge in [-0.3, -0.25) is 0 Å². The number of nitrogens with zero attached hydrogens (tertiary/aromatic N) is 4. The highest BCUT2D eigenvalue weighted by Crippen LogP contribution is 2.28. The van der Waals surface area contributed by atoms with E-state index in [-0.39, 0.29) is 0 Å². The third-order valence-corrected chi connectivity index (χ3v) is 4.82. The van der Waals surface area contributed by atoms with E-state index in [1.54, 1.807) is 31.2 Å². The fourth-order valence-corrected chi connectivity index (χ4v) is 3.41. The number of aromatic nitrogens is 3. The number of thiazole rings is 1. The molecule has 3 rings (SSSR count). The third kappa shape index (κ3) is 3.49. The molecule has 0 amide bonds. The van der Waals surface area contributed by atoms with Crippen molar-refractivity contribution >= 4 is 34.6 Å². The van der Waals surface area contributed by atoms with Crippen molar-refractivity contribution in [3.63, 3.8) is 0 Å².